The van der Waals surface area contributed by atoms with Gasteiger partial charge in [0, 0.05) is 26.7 Å². The maximum Gasteiger partial charge on any atom is 0.234 e. The standard InChI is InChI=1S/C20H13Cl2N3OS2/c21-13-3-1-12(2-4-13)16-9-27-19-18(16)20(24-11-23-19)28-10-17(26)25-15-7-5-14(22)6-8-15/h1-9,11H,10H2,(H,25,26). The molecule has 0 saturated heterocycles. The van der Waals surface area contributed by atoms with Crippen molar-refractivity contribution in [1.29, 1.82) is 0 Å². The minimum atomic E-state index is -0.109. The van der Waals surface area contributed by atoms with E-state index in [2.05, 4.69) is 20.7 Å². The Labute approximate surface area is 179 Å². The number of thiophene rings is 1. The first kappa shape index (κ1) is 19.2. The molecule has 8 heteroatoms. The van der Waals surface area contributed by atoms with Gasteiger partial charge in [-0.3, -0.25) is 4.79 Å². The number of carbonyl (C=O) groups excluding carboxylic acids is 1. The van der Waals surface area contributed by atoms with Gasteiger partial charge in [-0.2, -0.15) is 0 Å². The average molecular weight is 446 g/mol. The molecule has 4 rings (SSSR count). The molecule has 140 valence electrons. The topological polar surface area (TPSA) is 54.9 Å². The Bertz CT molecular complexity index is 1130. The van der Waals surface area contributed by atoms with E-state index in [9.17, 15) is 4.79 Å². The van der Waals surface area contributed by atoms with Crippen LogP contribution in [0.5, 0.6) is 0 Å². The molecule has 0 aliphatic heterocycles. The average Bonchev–Trinajstić information content (AvgIpc) is 3.13. The van der Waals surface area contributed by atoms with E-state index >= 15 is 0 Å². The Hall–Kier alpha value is -2.12. The first-order chi connectivity index (χ1) is 13.6. The highest BCUT2D eigenvalue weighted by Crippen LogP contribution is 2.38. The number of rotatable bonds is 5. The zero-order chi connectivity index (χ0) is 19.5. The van der Waals surface area contributed by atoms with Crippen LogP contribution in [0.25, 0.3) is 21.3 Å². The van der Waals surface area contributed by atoms with Crippen LogP contribution in [0, 0.1) is 0 Å². The van der Waals surface area contributed by atoms with Crippen LogP contribution in [0.1, 0.15) is 0 Å². The van der Waals surface area contributed by atoms with E-state index in [0.717, 1.165) is 26.4 Å². The number of carbonyl (C=O) groups is 1. The fourth-order valence-electron chi connectivity index (χ4n) is 2.66. The van der Waals surface area contributed by atoms with Gasteiger partial charge >= 0.3 is 0 Å². The number of amides is 1. The van der Waals surface area contributed by atoms with Crippen LogP contribution < -0.4 is 5.32 Å². The number of hydrogen-bond acceptors (Lipinski definition) is 5. The lowest BCUT2D eigenvalue weighted by Gasteiger charge is -2.07. The van der Waals surface area contributed by atoms with Crippen molar-refractivity contribution < 1.29 is 4.79 Å². The number of thioether (sulfide) groups is 1. The molecule has 0 aliphatic rings. The van der Waals surface area contributed by atoms with Gasteiger partial charge in [0.15, 0.2) is 0 Å². The first-order valence-corrected chi connectivity index (χ1v) is 10.9. The van der Waals surface area contributed by atoms with Crippen LogP contribution in [-0.4, -0.2) is 21.6 Å². The first-order valence-electron chi connectivity index (χ1n) is 8.26. The number of fused-ring (bicyclic) bond motifs is 1. The molecule has 4 aromatic rings. The largest absolute Gasteiger partial charge is 0.325 e. The number of benzene rings is 2. The zero-order valence-electron chi connectivity index (χ0n) is 14.4. The van der Waals surface area contributed by atoms with Crippen molar-refractivity contribution in [2.75, 3.05) is 11.1 Å². The molecule has 0 saturated carbocycles. The summed E-state index contributed by atoms with van der Waals surface area (Å²) in [6.07, 6.45) is 1.53. The van der Waals surface area contributed by atoms with Crippen LogP contribution in [0.4, 0.5) is 5.69 Å². The number of anilines is 1. The summed E-state index contributed by atoms with van der Waals surface area (Å²) in [5.41, 5.74) is 2.79. The number of halogens is 2. The molecule has 0 atom stereocenters. The minimum Gasteiger partial charge on any atom is -0.325 e. The molecule has 1 N–H and O–H groups in total. The summed E-state index contributed by atoms with van der Waals surface area (Å²) in [5.74, 6) is 0.132. The summed E-state index contributed by atoms with van der Waals surface area (Å²) in [6.45, 7) is 0. The van der Waals surface area contributed by atoms with Crippen molar-refractivity contribution in [3.63, 3.8) is 0 Å². The monoisotopic (exact) mass is 445 g/mol. The third-order valence-electron chi connectivity index (χ3n) is 3.96. The van der Waals surface area contributed by atoms with Gasteiger partial charge in [-0.1, -0.05) is 47.1 Å². The molecule has 0 unspecified atom stereocenters. The Morgan fingerprint density at radius 3 is 2.39 bits per heavy atom. The van der Waals surface area contributed by atoms with E-state index in [1.54, 1.807) is 35.6 Å². The third kappa shape index (κ3) is 4.31. The summed E-state index contributed by atoms with van der Waals surface area (Å²) >= 11 is 14.8. The summed E-state index contributed by atoms with van der Waals surface area (Å²) in [4.78, 5) is 22.0. The number of hydrogen-bond donors (Lipinski definition) is 1. The molecule has 2 heterocycles. The van der Waals surface area contributed by atoms with E-state index < -0.39 is 0 Å². The van der Waals surface area contributed by atoms with E-state index in [1.165, 1.54) is 18.1 Å². The Balaban J connectivity index is 1.55. The van der Waals surface area contributed by atoms with Gasteiger partial charge in [-0.05, 0) is 42.0 Å². The predicted octanol–water partition coefficient (Wildman–Crippen LogP) is 6.40. The van der Waals surface area contributed by atoms with Crippen LogP contribution >= 0.6 is 46.3 Å². The van der Waals surface area contributed by atoms with Crippen LogP contribution in [0.2, 0.25) is 10.0 Å². The molecule has 0 aliphatic carbocycles. The fourth-order valence-corrected chi connectivity index (χ4v) is 4.71. The highest BCUT2D eigenvalue weighted by Gasteiger charge is 2.15. The lowest BCUT2D eigenvalue weighted by atomic mass is 10.1. The summed E-state index contributed by atoms with van der Waals surface area (Å²) in [5, 5.41) is 7.97. The van der Waals surface area contributed by atoms with Gasteiger partial charge in [0.2, 0.25) is 5.91 Å². The SMILES string of the molecule is O=C(CSc1ncnc2scc(-c3ccc(Cl)cc3)c12)Nc1ccc(Cl)cc1. The second kappa shape index (κ2) is 8.49. The van der Waals surface area contributed by atoms with Crippen molar-refractivity contribution >= 4 is 68.1 Å². The third-order valence-corrected chi connectivity index (χ3v) is 6.34. The Morgan fingerprint density at radius 2 is 1.68 bits per heavy atom. The second-order valence-electron chi connectivity index (χ2n) is 5.86. The molecule has 28 heavy (non-hydrogen) atoms. The highest BCUT2D eigenvalue weighted by molar-refractivity contribution is 8.00. The van der Waals surface area contributed by atoms with Crippen LogP contribution in [0.3, 0.4) is 0 Å². The summed E-state index contributed by atoms with van der Waals surface area (Å²) in [7, 11) is 0. The van der Waals surface area contributed by atoms with Gasteiger partial charge in [0.05, 0.1) is 11.1 Å². The highest BCUT2D eigenvalue weighted by atomic mass is 35.5. The minimum absolute atomic E-state index is 0.109. The molecule has 0 bridgehead atoms. The predicted molar refractivity (Wildman–Crippen MR) is 119 cm³/mol. The van der Waals surface area contributed by atoms with Crippen molar-refractivity contribution in [2.24, 2.45) is 0 Å². The number of aromatic nitrogens is 2. The lowest BCUT2D eigenvalue weighted by molar-refractivity contribution is -0.113. The van der Waals surface area contributed by atoms with E-state index in [-0.39, 0.29) is 11.7 Å². The lowest BCUT2D eigenvalue weighted by Crippen LogP contribution is -2.14. The molecular weight excluding hydrogens is 433 g/mol. The second-order valence-corrected chi connectivity index (χ2v) is 8.55. The van der Waals surface area contributed by atoms with Gasteiger partial charge in [0.1, 0.15) is 16.2 Å². The normalized spacial score (nSPS) is 10.9. The fraction of sp³-hybridized carbons (Fsp3) is 0.0500. The maximum absolute atomic E-state index is 12.3. The molecule has 0 spiro atoms. The Kier molecular flexibility index (Phi) is 5.82. The molecule has 2 aromatic heterocycles. The number of nitrogens with one attached hydrogen (secondary N) is 1. The van der Waals surface area contributed by atoms with E-state index in [1.807, 2.05) is 24.3 Å². The van der Waals surface area contributed by atoms with Crippen LogP contribution in [-0.2, 0) is 4.79 Å². The van der Waals surface area contributed by atoms with Gasteiger partial charge in [-0.15, -0.1) is 11.3 Å². The summed E-state index contributed by atoms with van der Waals surface area (Å²) < 4.78 is 0. The Morgan fingerprint density at radius 1 is 1.00 bits per heavy atom. The van der Waals surface area contributed by atoms with Crippen molar-refractivity contribution in [3.8, 4) is 11.1 Å². The van der Waals surface area contributed by atoms with Gasteiger partial charge in [0.25, 0.3) is 0 Å². The maximum atomic E-state index is 12.3. The van der Waals surface area contributed by atoms with Gasteiger partial charge in [-0.25, -0.2) is 9.97 Å². The van der Waals surface area contributed by atoms with Crippen molar-refractivity contribution in [1.82, 2.24) is 9.97 Å². The summed E-state index contributed by atoms with van der Waals surface area (Å²) in [6, 6.07) is 14.7. The van der Waals surface area contributed by atoms with Gasteiger partial charge < -0.3 is 5.32 Å². The van der Waals surface area contributed by atoms with E-state index in [4.69, 9.17) is 23.2 Å². The molecule has 0 radical (unpaired) electrons. The molecule has 2 aromatic carbocycles. The zero-order valence-corrected chi connectivity index (χ0v) is 17.5. The van der Waals surface area contributed by atoms with Crippen molar-refractivity contribution in [2.45, 2.75) is 5.03 Å². The van der Waals surface area contributed by atoms with Crippen LogP contribution in [0.15, 0.2) is 65.3 Å². The quantitative estimate of drug-likeness (QED) is 0.285. The smallest absolute Gasteiger partial charge is 0.234 e. The van der Waals surface area contributed by atoms with E-state index in [0.29, 0.717) is 15.7 Å². The molecular formula is C20H13Cl2N3OS2. The molecule has 4 nitrogen and oxygen atoms in total. The van der Waals surface area contributed by atoms with Crippen molar-refractivity contribution in [3.05, 3.63) is 70.3 Å². The number of nitrogens with zero attached hydrogens (tertiary/aromatic N) is 2. The molecule has 0 fully saturated rings. The molecule has 1 amide bonds.